The van der Waals surface area contributed by atoms with E-state index >= 15 is 0 Å². The third-order valence-corrected chi connectivity index (χ3v) is 5.56. The zero-order valence-corrected chi connectivity index (χ0v) is 15.0. The molecule has 126 valence electrons. The van der Waals surface area contributed by atoms with Crippen molar-refractivity contribution in [3.05, 3.63) is 47.9 Å². The predicted octanol–water partition coefficient (Wildman–Crippen LogP) is 5.40. The van der Waals surface area contributed by atoms with E-state index in [1.54, 1.807) is 17.9 Å². The van der Waals surface area contributed by atoms with Crippen LogP contribution in [0.1, 0.15) is 50.5 Å². The van der Waals surface area contributed by atoms with E-state index in [9.17, 15) is 4.79 Å². The highest BCUT2D eigenvalue weighted by Gasteiger charge is 2.17. The molecule has 2 aromatic rings. The summed E-state index contributed by atoms with van der Waals surface area (Å²) in [5.41, 5.74) is 3.49. The molecule has 0 bridgehead atoms. The van der Waals surface area contributed by atoms with Crippen molar-refractivity contribution in [3.8, 4) is 11.3 Å². The zero-order valence-electron chi connectivity index (χ0n) is 14.2. The van der Waals surface area contributed by atoms with Crippen LogP contribution in [-0.4, -0.2) is 17.4 Å². The highest BCUT2D eigenvalue weighted by molar-refractivity contribution is 7.14. The second-order valence-electron chi connectivity index (χ2n) is 6.39. The smallest absolute Gasteiger partial charge is 0.225 e. The standard InChI is InChI=1S/C20H24N2OS/c1-3-13-22(15(2)23)20-21-19(14-24-20)18-11-9-17(10-12-18)16-7-5-4-6-8-16/h3,9-12,14,16H,1,4-8,13H2,2H3. The molecule has 0 atom stereocenters. The summed E-state index contributed by atoms with van der Waals surface area (Å²) in [7, 11) is 0. The summed E-state index contributed by atoms with van der Waals surface area (Å²) in [5.74, 6) is 0.711. The number of nitrogens with zero attached hydrogens (tertiary/aromatic N) is 2. The summed E-state index contributed by atoms with van der Waals surface area (Å²) < 4.78 is 0. The monoisotopic (exact) mass is 340 g/mol. The quantitative estimate of drug-likeness (QED) is 0.683. The lowest BCUT2D eigenvalue weighted by Crippen LogP contribution is -2.28. The molecule has 24 heavy (non-hydrogen) atoms. The molecule has 0 spiro atoms. The van der Waals surface area contributed by atoms with E-state index in [-0.39, 0.29) is 5.91 Å². The molecule has 1 aromatic carbocycles. The fraction of sp³-hybridized carbons (Fsp3) is 0.400. The van der Waals surface area contributed by atoms with Crippen LogP contribution in [0.2, 0.25) is 0 Å². The minimum Gasteiger partial charge on any atom is -0.284 e. The number of anilines is 1. The van der Waals surface area contributed by atoms with Crippen molar-refractivity contribution in [3.63, 3.8) is 0 Å². The van der Waals surface area contributed by atoms with Gasteiger partial charge in [0.15, 0.2) is 5.13 Å². The van der Waals surface area contributed by atoms with Crippen LogP contribution in [0, 0.1) is 0 Å². The van der Waals surface area contributed by atoms with Crippen LogP contribution in [0.3, 0.4) is 0 Å². The van der Waals surface area contributed by atoms with Crippen LogP contribution in [0.15, 0.2) is 42.3 Å². The number of carbonyl (C=O) groups excluding carboxylic acids is 1. The summed E-state index contributed by atoms with van der Waals surface area (Å²) in [5, 5.41) is 2.75. The van der Waals surface area contributed by atoms with E-state index in [2.05, 4.69) is 35.8 Å². The normalized spacial score (nSPS) is 15.2. The van der Waals surface area contributed by atoms with Gasteiger partial charge in [0.2, 0.25) is 5.91 Å². The summed E-state index contributed by atoms with van der Waals surface area (Å²) in [6.07, 6.45) is 8.44. The molecule has 1 aromatic heterocycles. The van der Waals surface area contributed by atoms with Crippen LogP contribution < -0.4 is 4.90 Å². The lowest BCUT2D eigenvalue weighted by Gasteiger charge is -2.22. The second kappa shape index (κ2) is 7.75. The molecular formula is C20H24N2OS. The third kappa shape index (κ3) is 3.75. The van der Waals surface area contributed by atoms with Crippen LogP contribution >= 0.6 is 11.3 Å². The molecule has 0 N–H and O–H groups in total. The topological polar surface area (TPSA) is 33.2 Å². The van der Waals surface area contributed by atoms with Crippen LogP contribution in [-0.2, 0) is 4.79 Å². The number of aromatic nitrogens is 1. The Morgan fingerprint density at radius 2 is 2.00 bits per heavy atom. The molecule has 0 unspecified atom stereocenters. The molecule has 0 aliphatic heterocycles. The van der Waals surface area contributed by atoms with Gasteiger partial charge in [-0.1, -0.05) is 49.6 Å². The maximum absolute atomic E-state index is 11.7. The van der Waals surface area contributed by atoms with E-state index in [4.69, 9.17) is 0 Å². The van der Waals surface area contributed by atoms with Crippen LogP contribution in [0.4, 0.5) is 5.13 Å². The van der Waals surface area contributed by atoms with Crippen molar-refractivity contribution in [1.29, 1.82) is 0 Å². The third-order valence-electron chi connectivity index (χ3n) is 4.70. The summed E-state index contributed by atoms with van der Waals surface area (Å²) in [6.45, 7) is 5.76. The Morgan fingerprint density at radius 1 is 1.29 bits per heavy atom. The summed E-state index contributed by atoms with van der Waals surface area (Å²) in [4.78, 5) is 18.0. The van der Waals surface area contributed by atoms with Gasteiger partial charge in [0.05, 0.1) is 5.69 Å². The number of amides is 1. The molecule has 3 rings (SSSR count). The number of thiazole rings is 1. The van der Waals surface area contributed by atoms with Crippen LogP contribution in [0.25, 0.3) is 11.3 Å². The maximum Gasteiger partial charge on any atom is 0.225 e. The lowest BCUT2D eigenvalue weighted by molar-refractivity contribution is -0.116. The van der Waals surface area contributed by atoms with E-state index in [1.165, 1.54) is 49.0 Å². The Hall–Kier alpha value is -1.94. The molecule has 1 heterocycles. The Balaban J connectivity index is 1.77. The van der Waals surface area contributed by atoms with E-state index in [0.717, 1.165) is 22.3 Å². The number of carbonyl (C=O) groups is 1. The summed E-state index contributed by atoms with van der Waals surface area (Å²) >= 11 is 1.50. The van der Waals surface area contributed by atoms with Gasteiger partial charge in [0, 0.05) is 24.4 Å². The lowest BCUT2D eigenvalue weighted by atomic mass is 9.84. The Kier molecular flexibility index (Phi) is 5.46. The molecule has 0 saturated heterocycles. The molecule has 1 saturated carbocycles. The average Bonchev–Trinajstić information content (AvgIpc) is 3.10. The van der Waals surface area contributed by atoms with E-state index < -0.39 is 0 Å². The van der Waals surface area contributed by atoms with Gasteiger partial charge >= 0.3 is 0 Å². The largest absolute Gasteiger partial charge is 0.284 e. The predicted molar refractivity (Wildman–Crippen MR) is 102 cm³/mol. The van der Waals surface area contributed by atoms with Gasteiger partial charge in [-0.3, -0.25) is 9.69 Å². The number of hydrogen-bond acceptors (Lipinski definition) is 3. The second-order valence-corrected chi connectivity index (χ2v) is 7.23. The molecule has 4 heteroatoms. The SMILES string of the molecule is C=CCN(C(C)=O)c1nc(-c2ccc(C3CCCCC3)cc2)cs1. The van der Waals surface area contributed by atoms with Crippen molar-refractivity contribution >= 4 is 22.4 Å². The van der Waals surface area contributed by atoms with Gasteiger partial charge in [-0.2, -0.15) is 0 Å². The fourth-order valence-electron chi connectivity index (χ4n) is 3.35. The van der Waals surface area contributed by atoms with Gasteiger partial charge in [0.1, 0.15) is 0 Å². The number of rotatable bonds is 5. The molecule has 0 radical (unpaired) electrons. The maximum atomic E-state index is 11.7. The van der Waals surface area contributed by atoms with E-state index in [1.807, 2.05) is 5.38 Å². The minimum atomic E-state index is -0.0107. The molecule has 1 aliphatic rings. The first kappa shape index (κ1) is 16.9. The van der Waals surface area contributed by atoms with Gasteiger partial charge in [-0.15, -0.1) is 17.9 Å². The minimum absolute atomic E-state index is 0.0107. The van der Waals surface area contributed by atoms with Gasteiger partial charge in [-0.25, -0.2) is 4.98 Å². The van der Waals surface area contributed by atoms with Gasteiger partial charge in [0.25, 0.3) is 0 Å². The molecular weight excluding hydrogens is 316 g/mol. The first-order valence-corrected chi connectivity index (χ1v) is 9.52. The molecule has 3 nitrogen and oxygen atoms in total. The Labute approximate surface area is 148 Å². The van der Waals surface area contributed by atoms with Gasteiger partial charge in [-0.05, 0) is 24.3 Å². The van der Waals surface area contributed by atoms with Crippen molar-refractivity contribution in [2.45, 2.75) is 44.9 Å². The molecule has 1 fully saturated rings. The Bertz CT molecular complexity index is 699. The molecule has 1 aliphatic carbocycles. The highest BCUT2D eigenvalue weighted by atomic mass is 32.1. The molecule has 1 amide bonds. The van der Waals surface area contributed by atoms with Crippen molar-refractivity contribution in [1.82, 2.24) is 4.98 Å². The highest BCUT2D eigenvalue weighted by Crippen LogP contribution is 2.34. The summed E-state index contributed by atoms with van der Waals surface area (Å²) in [6, 6.07) is 8.82. The van der Waals surface area contributed by atoms with Gasteiger partial charge < -0.3 is 0 Å². The van der Waals surface area contributed by atoms with Crippen molar-refractivity contribution in [2.75, 3.05) is 11.4 Å². The van der Waals surface area contributed by atoms with E-state index in [0.29, 0.717) is 6.54 Å². The first-order chi connectivity index (χ1) is 11.7. The first-order valence-electron chi connectivity index (χ1n) is 8.64. The number of benzene rings is 1. The average molecular weight is 340 g/mol. The Morgan fingerprint density at radius 3 is 2.62 bits per heavy atom. The van der Waals surface area contributed by atoms with Crippen LogP contribution in [0.5, 0.6) is 0 Å². The number of hydrogen-bond donors (Lipinski definition) is 0. The van der Waals surface area contributed by atoms with Crippen molar-refractivity contribution in [2.24, 2.45) is 0 Å². The zero-order chi connectivity index (χ0) is 16.9. The van der Waals surface area contributed by atoms with Crippen molar-refractivity contribution < 1.29 is 4.79 Å². The fourth-order valence-corrected chi connectivity index (χ4v) is 4.24.